The lowest BCUT2D eigenvalue weighted by Crippen LogP contribution is -2.47. The lowest BCUT2D eigenvalue weighted by atomic mass is 10.0. The summed E-state index contributed by atoms with van der Waals surface area (Å²) in [7, 11) is 1.81. The van der Waals surface area contributed by atoms with E-state index in [1.54, 1.807) is 0 Å². The quantitative estimate of drug-likeness (QED) is 0.674. The SMILES string of the molecule is CNC1CCCN(C(=O)c2cc(F)ccc2[N+](=O)[O-])C1. The molecule has 0 spiro atoms. The summed E-state index contributed by atoms with van der Waals surface area (Å²) in [5.41, 5.74) is -0.547. The number of halogens is 1. The topological polar surface area (TPSA) is 75.5 Å². The van der Waals surface area contributed by atoms with Gasteiger partial charge in [-0.05, 0) is 32.0 Å². The zero-order chi connectivity index (χ0) is 14.7. The number of benzene rings is 1. The van der Waals surface area contributed by atoms with Gasteiger partial charge in [0.1, 0.15) is 11.4 Å². The van der Waals surface area contributed by atoms with Crippen molar-refractivity contribution in [1.82, 2.24) is 10.2 Å². The number of carbonyl (C=O) groups excluding carboxylic acids is 1. The number of hydrogen-bond acceptors (Lipinski definition) is 4. The number of nitrogens with zero attached hydrogens (tertiary/aromatic N) is 2. The van der Waals surface area contributed by atoms with E-state index in [0.29, 0.717) is 13.1 Å². The molecule has 0 saturated carbocycles. The van der Waals surface area contributed by atoms with Crippen LogP contribution in [0.1, 0.15) is 23.2 Å². The minimum atomic E-state index is -0.661. The fourth-order valence-corrected chi connectivity index (χ4v) is 2.41. The Morgan fingerprint density at radius 3 is 2.95 bits per heavy atom. The van der Waals surface area contributed by atoms with Crippen LogP contribution in [0.25, 0.3) is 0 Å². The summed E-state index contributed by atoms with van der Waals surface area (Å²) >= 11 is 0. The Balaban J connectivity index is 2.28. The van der Waals surface area contributed by atoms with Crippen LogP contribution in [-0.2, 0) is 0 Å². The highest BCUT2D eigenvalue weighted by atomic mass is 19.1. The molecule has 1 saturated heterocycles. The second kappa shape index (κ2) is 5.96. The number of hydrogen-bond donors (Lipinski definition) is 1. The Bertz CT molecular complexity index is 536. The Morgan fingerprint density at radius 2 is 2.30 bits per heavy atom. The van der Waals surface area contributed by atoms with Gasteiger partial charge in [0, 0.05) is 25.2 Å². The van der Waals surface area contributed by atoms with Crippen LogP contribution in [0.15, 0.2) is 18.2 Å². The summed E-state index contributed by atoms with van der Waals surface area (Å²) in [6.45, 7) is 1.01. The first kappa shape index (κ1) is 14.4. The molecule has 1 aliphatic heterocycles. The van der Waals surface area contributed by atoms with Crippen molar-refractivity contribution >= 4 is 11.6 Å². The van der Waals surface area contributed by atoms with Gasteiger partial charge in [-0.15, -0.1) is 0 Å². The van der Waals surface area contributed by atoms with Crippen LogP contribution in [0.3, 0.4) is 0 Å². The van der Waals surface area contributed by atoms with Gasteiger partial charge in [-0.2, -0.15) is 0 Å². The highest BCUT2D eigenvalue weighted by Crippen LogP contribution is 2.23. The number of nitro benzene ring substituents is 1. The Labute approximate surface area is 115 Å². The summed E-state index contributed by atoms with van der Waals surface area (Å²) < 4.78 is 13.3. The van der Waals surface area contributed by atoms with Gasteiger partial charge in [0.05, 0.1) is 4.92 Å². The zero-order valence-corrected chi connectivity index (χ0v) is 11.1. The molecule has 6 nitrogen and oxygen atoms in total. The number of carbonyl (C=O) groups is 1. The first-order chi connectivity index (χ1) is 9.52. The Kier molecular flexibility index (Phi) is 4.29. The fraction of sp³-hybridized carbons (Fsp3) is 0.462. The maximum atomic E-state index is 13.3. The van der Waals surface area contributed by atoms with Crippen LogP contribution in [-0.4, -0.2) is 41.9 Å². The molecule has 0 aromatic heterocycles. The maximum absolute atomic E-state index is 13.3. The first-order valence-corrected chi connectivity index (χ1v) is 6.43. The van der Waals surface area contributed by atoms with E-state index in [1.165, 1.54) is 4.90 Å². The summed E-state index contributed by atoms with van der Waals surface area (Å²) in [4.78, 5) is 24.2. The van der Waals surface area contributed by atoms with Crippen molar-refractivity contribution in [3.63, 3.8) is 0 Å². The van der Waals surface area contributed by atoms with Crippen molar-refractivity contribution in [2.45, 2.75) is 18.9 Å². The third-order valence-electron chi connectivity index (χ3n) is 3.50. The molecule has 1 atom stereocenters. The van der Waals surface area contributed by atoms with E-state index in [-0.39, 0.29) is 17.3 Å². The van der Waals surface area contributed by atoms with Crippen LogP contribution >= 0.6 is 0 Å². The summed E-state index contributed by atoms with van der Waals surface area (Å²) in [5.74, 6) is -1.14. The molecule has 1 N–H and O–H groups in total. The van der Waals surface area contributed by atoms with Crippen molar-refractivity contribution in [3.8, 4) is 0 Å². The van der Waals surface area contributed by atoms with Gasteiger partial charge in [-0.3, -0.25) is 14.9 Å². The third-order valence-corrected chi connectivity index (χ3v) is 3.50. The van der Waals surface area contributed by atoms with Gasteiger partial charge in [0.25, 0.3) is 11.6 Å². The van der Waals surface area contributed by atoms with Crippen molar-refractivity contribution in [2.75, 3.05) is 20.1 Å². The minimum Gasteiger partial charge on any atom is -0.337 e. The number of rotatable bonds is 3. The predicted octanol–water partition coefficient (Wildman–Crippen LogP) is 1.56. The lowest BCUT2D eigenvalue weighted by Gasteiger charge is -2.32. The van der Waals surface area contributed by atoms with E-state index in [2.05, 4.69) is 5.32 Å². The summed E-state index contributed by atoms with van der Waals surface area (Å²) in [6.07, 6.45) is 1.77. The molecule has 1 aliphatic rings. The summed E-state index contributed by atoms with van der Waals surface area (Å²) in [6, 6.07) is 3.12. The molecule has 108 valence electrons. The van der Waals surface area contributed by atoms with Crippen LogP contribution in [0.2, 0.25) is 0 Å². The summed E-state index contributed by atoms with van der Waals surface area (Å²) in [5, 5.41) is 14.0. The number of nitro groups is 1. The zero-order valence-electron chi connectivity index (χ0n) is 11.1. The van der Waals surface area contributed by atoms with Crippen LogP contribution in [0.4, 0.5) is 10.1 Å². The van der Waals surface area contributed by atoms with Crippen molar-refractivity contribution in [1.29, 1.82) is 0 Å². The fourth-order valence-electron chi connectivity index (χ4n) is 2.41. The number of piperidine rings is 1. The van der Waals surface area contributed by atoms with Crippen molar-refractivity contribution < 1.29 is 14.1 Å². The van der Waals surface area contributed by atoms with E-state index in [0.717, 1.165) is 31.0 Å². The highest BCUT2D eigenvalue weighted by molar-refractivity contribution is 5.98. The normalized spacial score (nSPS) is 18.9. The van der Waals surface area contributed by atoms with E-state index < -0.39 is 16.6 Å². The van der Waals surface area contributed by atoms with Gasteiger partial charge in [-0.1, -0.05) is 0 Å². The largest absolute Gasteiger partial charge is 0.337 e. The smallest absolute Gasteiger partial charge is 0.282 e. The molecule has 0 bridgehead atoms. The molecule has 7 heteroatoms. The molecular weight excluding hydrogens is 265 g/mol. The highest BCUT2D eigenvalue weighted by Gasteiger charge is 2.28. The van der Waals surface area contributed by atoms with Gasteiger partial charge in [-0.25, -0.2) is 4.39 Å². The Hall–Kier alpha value is -2.02. The average Bonchev–Trinajstić information content (AvgIpc) is 2.46. The maximum Gasteiger partial charge on any atom is 0.282 e. The van der Waals surface area contributed by atoms with Crippen LogP contribution in [0, 0.1) is 15.9 Å². The van der Waals surface area contributed by atoms with Crippen molar-refractivity contribution in [3.05, 3.63) is 39.7 Å². The number of likely N-dealkylation sites (tertiary alicyclic amines) is 1. The minimum absolute atomic E-state index is 0.167. The van der Waals surface area contributed by atoms with Crippen molar-refractivity contribution in [2.24, 2.45) is 0 Å². The van der Waals surface area contributed by atoms with E-state index in [1.807, 2.05) is 7.05 Å². The average molecular weight is 281 g/mol. The molecule has 2 rings (SSSR count). The lowest BCUT2D eigenvalue weighted by molar-refractivity contribution is -0.385. The monoisotopic (exact) mass is 281 g/mol. The number of nitrogens with one attached hydrogen (secondary N) is 1. The van der Waals surface area contributed by atoms with E-state index in [4.69, 9.17) is 0 Å². The van der Waals surface area contributed by atoms with E-state index in [9.17, 15) is 19.3 Å². The van der Waals surface area contributed by atoms with Crippen LogP contribution < -0.4 is 5.32 Å². The van der Waals surface area contributed by atoms with E-state index >= 15 is 0 Å². The van der Waals surface area contributed by atoms with Gasteiger partial charge in [0.2, 0.25) is 0 Å². The molecular formula is C13H16FN3O3. The molecule has 1 aromatic rings. The molecule has 1 unspecified atom stereocenters. The number of amides is 1. The molecule has 1 fully saturated rings. The molecule has 1 amide bonds. The second-order valence-electron chi connectivity index (χ2n) is 4.80. The Morgan fingerprint density at radius 1 is 1.55 bits per heavy atom. The molecule has 0 radical (unpaired) electrons. The number of likely N-dealkylation sites (N-methyl/N-ethyl adjacent to an activating group) is 1. The molecule has 0 aliphatic carbocycles. The third kappa shape index (κ3) is 2.93. The molecule has 1 aromatic carbocycles. The molecule has 1 heterocycles. The van der Waals surface area contributed by atoms with Gasteiger partial charge < -0.3 is 10.2 Å². The predicted molar refractivity (Wildman–Crippen MR) is 71.0 cm³/mol. The first-order valence-electron chi connectivity index (χ1n) is 6.43. The van der Waals surface area contributed by atoms with Gasteiger partial charge >= 0.3 is 0 Å². The second-order valence-corrected chi connectivity index (χ2v) is 4.80. The standard InChI is InChI=1S/C13H16FN3O3/c1-15-10-3-2-6-16(8-10)13(18)11-7-9(14)4-5-12(11)17(19)20/h4-5,7,10,15H,2-3,6,8H2,1H3. The molecule has 20 heavy (non-hydrogen) atoms. The van der Waals surface area contributed by atoms with Gasteiger partial charge in [0.15, 0.2) is 0 Å². The van der Waals surface area contributed by atoms with Crippen LogP contribution in [0.5, 0.6) is 0 Å².